The van der Waals surface area contributed by atoms with Crippen LogP contribution >= 0.6 is 0 Å². The number of piperidine rings is 1. The lowest BCUT2D eigenvalue weighted by Gasteiger charge is -2.24. The third-order valence-electron chi connectivity index (χ3n) is 5.23. The van der Waals surface area contributed by atoms with Gasteiger partial charge in [0.2, 0.25) is 11.8 Å². The summed E-state index contributed by atoms with van der Waals surface area (Å²) in [4.78, 5) is 41.8. The van der Waals surface area contributed by atoms with Crippen LogP contribution in [0.3, 0.4) is 0 Å². The van der Waals surface area contributed by atoms with Crippen molar-refractivity contribution in [2.45, 2.75) is 32.4 Å². The number of carbonyl (C=O) groups is 2. The van der Waals surface area contributed by atoms with Gasteiger partial charge in [0.25, 0.3) is 5.56 Å². The van der Waals surface area contributed by atoms with Crippen molar-refractivity contribution in [3.63, 3.8) is 0 Å². The highest BCUT2D eigenvalue weighted by Gasteiger charge is 2.30. The highest BCUT2D eigenvalue weighted by Crippen LogP contribution is 2.24. The number of nitrogens with zero attached hydrogens (tertiary/aromatic N) is 3. The fourth-order valence-electron chi connectivity index (χ4n) is 3.77. The van der Waals surface area contributed by atoms with Crippen molar-refractivity contribution in [1.82, 2.24) is 14.9 Å². The molecule has 2 heterocycles. The quantitative estimate of drug-likeness (QED) is 0.647. The van der Waals surface area contributed by atoms with Crippen molar-refractivity contribution in [2.75, 3.05) is 5.32 Å². The number of anilines is 1. The van der Waals surface area contributed by atoms with Crippen molar-refractivity contribution in [3.05, 3.63) is 69.8 Å². The Morgan fingerprint density at radius 1 is 1.20 bits per heavy atom. The van der Waals surface area contributed by atoms with Crippen LogP contribution in [0.2, 0.25) is 0 Å². The number of nitrogens with one attached hydrogen (secondary N) is 2. The summed E-state index contributed by atoms with van der Waals surface area (Å²) in [5.41, 5.74) is 2.10. The van der Waals surface area contributed by atoms with Crippen molar-refractivity contribution < 1.29 is 9.59 Å². The van der Waals surface area contributed by atoms with Gasteiger partial charge in [-0.3, -0.25) is 24.3 Å². The largest absolute Gasteiger partial charge is 0.380 e. The molecule has 30 heavy (non-hydrogen) atoms. The number of aromatic nitrogens is 2. The van der Waals surface area contributed by atoms with E-state index in [1.807, 2.05) is 12.1 Å². The minimum atomic E-state index is -0.778. The first-order valence-electron chi connectivity index (χ1n) is 9.57. The van der Waals surface area contributed by atoms with E-state index in [-0.39, 0.29) is 24.3 Å². The Hall–Kier alpha value is -3.99. The normalized spacial score (nSPS) is 16.2. The van der Waals surface area contributed by atoms with Crippen molar-refractivity contribution >= 4 is 28.4 Å². The number of hydrogen-bond acceptors (Lipinski definition) is 6. The van der Waals surface area contributed by atoms with Crippen LogP contribution in [0, 0.1) is 18.3 Å². The molecule has 1 aliphatic rings. The van der Waals surface area contributed by atoms with Gasteiger partial charge in [-0.25, -0.2) is 4.98 Å². The van der Waals surface area contributed by atoms with E-state index in [4.69, 9.17) is 0 Å². The Labute approximate surface area is 172 Å². The number of imide groups is 1. The summed E-state index contributed by atoms with van der Waals surface area (Å²) in [5.74, 6) is -0.422. The molecular formula is C22H19N5O3. The van der Waals surface area contributed by atoms with E-state index in [2.05, 4.69) is 21.7 Å². The van der Waals surface area contributed by atoms with Gasteiger partial charge in [0.05, 0.1) is 22.5 Å². The van der Waals surface area contributed by atoms with Crippen LogP contribution < -0.4 is 16.2 Å². The van der Waals surface area contributed by atoms with Crippen LogP contribution in [-0.4, -0.2) is 21.4 Å². The summed E-state index contributed by atoms with van der Waals surface area (Å²) < 4.78 is 1.36. The standard InChI is InChI=1S/C22H19N5O3/c1-13-25-17-8-4-7-16(24-12-15-6-3-2-5-14(15)11-23)20(17)22(30)27(13)18-9-10-19(28)26-21(18)29/h2-8,18,24H,9-10,12H2,1H3,(H,26,28,29). The molecule has 2 aromatic carbocycles. The number of amides is 2. The third-order valence-corrected chi connectivity index (χ3v) is 5.23. The first-order valence-corrected chi connectivity index (χ1v) is 9.57. The average molecular weight is 401 g/mol. The van der Waals surface area contributed by atoms with Gasteiger partial charge >= 0.3 is 0 Å². The first kappa shape index (κ1) is 19.3. The van der Waals surface area contributed by atoms with Gasteiger partial charge in [-0.2, -0.15) is 5.26 Å². The number of benzene rings is 2. The van der Waals surface area contributed by atoms with Crippen molar-refractivity contribution in [2.24, 2.45) is 0 Å². The fourth-order valence-corrected chi connectivity index (χ4v) is 3.77. The molecular weight excluding hydrogens is 382 g/mol. The second-order valence-electron chi connectivity index (χ2n) is 7.12. The number of carbonyl (C=O) groups excluding carboxylic acids is 2. The summed E-state index contributed by atoms with van der Waals surface area (Å²) in [6, 6.07) is 13.9. The molecule has 1 aliphatic heterocycles. The van der Waals surface area contributed by atoms with Gasteiger partial charge in [-0.05, 0) is 37.1 Å². The molecule has 1 fully saturated rings. The number of hydrogen-bond donors (Lipinski definition) is 2. The monoisotopic (exact) mass is 401 g/mol. The van der Waals surface area contributed by atoms with Gasteiger partial charge in [-0.1, -0.05) is 24.3 Å². The summed E-state index contributed by atoms with van der Waals surface area (Å²) in [5, 5.41) is 15.2. The van der Waals surface area contributed by atoms with Gasteiger partial charge in [0.1, 0.15) is 11.9 Å². The second-order valence-corrected chi connectivity index (χ2v) is 7.12. The van der Waals surface area contributed by atoms with Crippen LogP contribution in [0.25, 0.3) is 10.9 Å². The smallest absolute Gasteiger partial charge is 0.264 e. The zero-order chi connectivity index (χ0) is 21.3. The number of rotatable bonds is 4. The maximum absolute atomic E-state index is 13.4. The highest BCUT2D eigenvalue weighted by atomic mass is 16.2. The highest BCUT2D eigenvalue weighted by molar-refractivity contribution is 5.99. The minimum Gasteiger partial charge on any atom is -0.380 e. The van der Waals surface area contributed by atoms with Crippen LogP contribution in [-0.2, 0) is 16.1 Å². The topological polar surface area (TPSA) is 117 Å². The molecule has 0 bridgehead atoms. The van der Waals surface area contributed by atoms with E-state index in [9.17, 15) is 19.6 Å². The molecule has 1 atom stereocenters. The lowest BCUT2D eigenvalue weighted by molar-refractivity contribution is -0.135. The maximum Gasteiger partial charge on any atom is 0.264 e. The van der Waals surface area contributed by atoms with Crippen LogP contribution in [0.15, 0.2) is 47.3 Å². The Morgan fingerprint density at radius 3 is 2.77 bits per heavy atom. The van der Waals surface area contributed by atoms with Gasteiger partial charge < -0.3 is 5.32 Å². The Kier molecular flexibility index (Phi) is 5.02. The fraction of sp³-hybridized carbons (Fsp3) is 0.227. The molecule has 0 spiro atoms. The van der Waals surface area contributed by atoms with Gasteiger partial charge in [0.15, 0.2) is 0 Å². The molecule has 0 radical (unpaired) electrons. The molecule has 4 rings (SSSR count). The van der Waals surface area contributed by atoms with E-state index in [0.29, 0.717) is 34.5 Å². The van der Waals surface area contributed by atoms with E-state index >= 15 is 0 Å². The Morgan fingerprint density at radius 2 is 2.00 bits per heavy atom. The number of nitriles is 1. The molecule has 8 nitrogen and oxygen atoms in total. The third kappa shape index (κ3) is 3.42. The molecule has 8 heteroatoms. The lowest BCUT2D eigenvalue weighted by atomic mass is 10.0. The van der Waals surface area contributed by atoms with Gasteiger partial charge in [0, 0.05) is 18.7 Å². The Bertz CT molecular complexity index is 1270. The zero-order valence-corrected chi connectivity index (χ0v) is 16.3. The predicted molar refractivity (Wildman–Crippen MR) is 111 cm³/mol. The van der Waals surface area contributed by atoms with E-state index in [1.54, 1.807) is 37.3 Å². The molecule has 1 saturated heterocycles. The van der Waals surface area contributed by atoms with Gasteiger partial charge in [-0.15, -0.1) is 0 Å². The van der Waals surface area contributed by atoms with Crippen LogP contribution in [0.5, 0.6) is 0 Å². The second kappa shape index (κ2) is 7.79. The lowest BCUT2D eigenvalue weighted by Crippen LogP contribution is -2.45. The average Bonchev–Trinajstić information content (AvgIpc) is 2.73. The van der Waals surface area contributed by atoms with Crippen molar-refractivity contribution in [3.8, 4) is 6.07 Å². The molecule has 150 valence electrons. The summed E-state index contributed by atoms with van der Waals surface area (Å²) >= 11 is 0. The van der Waals surface area contributed by atoms with Crippen LogP contribution in [0.1, 0.15) is 35.8 Å². The summed E-state index contributed by atoms with van der Waals surface area (Å²) in [6.07, 6.45) is 0.426. The molecule has 2 N–H and O–H groups in total. The molecule has 0 saturated carbocycles. The summed E-state index contributed by atoms with van der Waals surface area (Å²) in [6.45, 7) is 2.03. The van der Waals surface area contributed by atoms with E-state index in [1.165, 1.54) is 4.57 Å². The predicted octanol–water partition coefficient (Wildman–Crippen LogP) is 2.17. The molecule has 1 aromatic heterocycles. The maximum atomic E-state index is 13.4. The first-order chi connectivity index (χ1) is 14.5. The molecule has 2 amide bonds. The van der Waals surface area contributed by atoms with Crippen molar-refractivity contribution in [1.29, 1.82) is 5.26 Å². The zero-order valence-electron chi connectivity index (χ0n) is 16.3. The Balaban J connectivity index is 1.77. The summed E-state index contributed by atoms with van der Waals surface area (Å²) in [7, 11) is 0. The van der Waals surface area contributed by atoms with Crippen LogP contribution in [0.4, 0.5) is 5.69 Å². The minimum absolute atomic E-state index is 0.172. The molecule has 1 unspecified atom stereocenters. The SMILES string of the molecule is Cc1nc2cccc(NCc3ccccc3C#N)c2c(=O)n1C1CCC(=O)NC1=O. The van der Waals surface area contributed by atoms with E-state index < -0.39 is 11.9 Å². The number of fused-ring (bicyclic) bond motifs is 1. The molecule has 3 aromatic rings. The van der Waals surface area contributed by atoms with E-state index in [0.717, 1.165) is 5.56 Å². The molecule has 0 aliphatic carbocycles. The number of aryl methyl sites for hydroxylation is 1.